The van der Waals surface area contributed by atoms with Gasteiger partial charge in [0.2, 0.25) is 0 Å². The van der Waals surface area contributed by atoms with E-state index in [0.717, 1.165) is 28.8 Å². The number of nitrogens with one attached hydrogen (secondary N) is 2. The Morgan fingerprint density at radius 1 is 1.12 bits per heavy atom. The highest BCUT2D eigenvalue weighted by molar-refractivity contribution is 7.11. The third kappa shape index (κ3) is 4.92. The average Bonchev–Trinajstić information content (AvgIpc) is 3.22. The van der Waals surface area contributed by atoms with Crippen molar-refractivity contribution in [2.45, 2.75) is 33.5 Å². The quantitative estimate of drug-likeness (QED) is 0.519. The molecule has 136 valence electrons. The van der Waals surface area contributed by atoms with Crippen LogP contribution in [0.15, 0.2) is 47.7 Å². The molecule has 0 radical (unpaired) electrons. The molecule has 1 aromatic carbocycles. The van der Waals surface area contributed by atoms with Gasteiger partial charge < -0.3 is 10.6 Å². The molecular formula is C19H24N6S. The van der Waals surface area contributed by atoms with Crippen molar-refractivity contribution in [1.82, 2.24) is 25.4 Å². The van der Waals surface area contributed by atoms with E-state index in [-0.39, 0.29) is 0 Å². The SMILES string of the molecule is CN=C(NCc1cnn(Cc2ccccc2)c1)NCc1nc(C)c(C)s1. The lowest BCUT2D eigenvalue weighted by atomic mass is 10.2. The van der Waals surface area contributed by atoms with Crippen LogP contribution < -0.4 is 10.6 Å². The minimum Gasteiger partial charge on any atom is -0.352 e. The molecule has 0 spiro atoms. The summed E-state index contributed by atoms with van der Waals surface area (Å²) < 4.78 is 1.95. The Bertz CT molecular complexity index is 846. The largest absolute Gasteiger partial charge is 0.352 e. The summed E-state index contributed by atoms with van der Waals surface area (Å²) in [6.45, 7) is 6.25. The van der Waals surface area contributed by atoms with E-state index in [2.05, 4.69) is 51.0 Å². The molecule has 26 heavy (non-hydrogen) atoms. The van der Waals surface area contributed by atoms with Gasteiger partial charge >= 0.3 is 0 Å². The molecule has 3 rings (SSSR count). The van der Waals surface area contributed by atoms with Crippen LogP contribution in [-0.2, 0) is 19.6 Å². The Labute approximate surface area is 158 Å². The first-order valence-corrected chi connectivity index (χ1v) is 9.38. The summed E-state index contributed by atoms with van der Waals surface area (Å²) in [7, 11) is 1.77. The van der Waals surface area contributed by atoms with Crippen LogP contribution in [0.5, 0.6) is 0 Å². The molecule has 0 atom stereocenters. The third-order valence-electron chi connectivity index (χ3n) is 4.04. The van der Waals surface area contributed by atoms with Crippen molar-refractivity contribution in [2.75, 3.05) is 7.05 Å². The highest BCUT2D eigenvalue weighted by Crippen LogP contribution is 2.15. The fourth-order valence-electron chi connectivity index (χ4n) is 2.54. The Morgan fingerprint density at radius 2 is 1.88 bits per heavy atom. The predicted octanol–water partition coefficient (Wildman–Crippen LogP) is 2.87. The summed E-state index contributed by atoms with van der Waals surface area (Å²) >= 11 is 1.72. The number of rotatable bonds is 6. The fourth-order valence-corrected chi connectivity index (χ4v) is 3.41. The summed E-state index contributed by atoms with van der Waals surface area (Å²) in [6, 6.07) is 10.3. The molecule has 0 aliphatic rings. The first-order chi connectivity index (χ1) is 12.6. The van der Waals surface area contributed by atoms with E-state index in [1.54, 1.807) is 18.4 Å². The van der Waals surface area contributed by atoms with Crippen LogP contribution in [0.1, 0.15) is 26.7 Å². The average molecular weight is 369 g/mol. The van der Waals surface area contributed by atoms with Crippen molar-refractivity contribution < 1.29 is 0 Å². The molecule has 6 nitrogen and oxygen atoms in total. The lowest BCUT2D eigenvalue weighted by Gasteiger charge is -2.09. The number of aromatic nitrogens is 3. The molecule has 0 aliphatic carbocycles. The van der Waals surface area contributed by atoms with Crippen molar-refractivity contribution in [3.8, 4) is 0 Å². The number of guanidine groups is 1. The smallest absolute Gasteiger partial charge is 0.191 e. The van der Waals surface area contributed by atoms with Crippen molar-refractivity contribution in [2.24, 2.45) is 4.99 Å². The molecule has 0 fully saturated rings. The Kier molecular flexibility index (Phi) is 6.01. The molecule has 0 unspecified atom stereocenters. The summed E-state index contributed by atoms with van der Waals surface area (Å²) in [5.74, 6) is 0.756. The first kappa shape index (κ1) is 18.1. The number of thiazole rings is 1. The van der Waals surface area contributed by atoms with Crippen LogP contribution in [0, 0.1) is 13.8 Å². The van der Waals surface area contributed by atoms with Crippen molar-refractivity contribution in [1.29, 1.82) is 0 Å². The van der Waals surface area contributed by atoms with E-state index in [1.807, 2.05) is 36.0 Å². The minimum absolute atomic E-state index is 0.671. The summed E-state index contributed by atoms with van der Waals surface area (Å²) in [6.07, 6.45) is 3.94. The van der Waals surface area contributed by atoms with Crippen LogP contribution in [-0.4, -0.2) is 27.8 Å². The highest BCUT2D eigenvalue weighted by atomic mass is 32.1. The summed E-state index contributed by atoms with van der Waals surface area (Å²) in [4.78, 5) is 10.1. The molecule has 3 aromatic rings. The Morgan fingerprint density at radius 3 is 2.58 bits per heavy atom. The van der Waals surface area contributed by atoms with Gasteiger partial charge in [-0.2, -0.15) is 5.10 Å². The van der Waals surface area contributed by atoms with E-state index in [4.69, 9.17) is 0 Å². The zero-order valence-corrected chi connectivity index (χ0v) is 16.2. The van der Waals surface area contributed by atoms with Gasteiger partial charge in [-0.25, -0.2) is 4.98 Å². The predicted molar refractivity (Wildman–Crippen MR) is 106 cm³/mol. The van der Waals surface area contributed by atoms with Gasteiger partial charge in [0.05, 0.1) is 25.0 Å². The molecule has 0 saturated heterocycles. The normalized spacial score (nSPS) is 11.6. The maximum Gasteiger partial charge on any atom is 0.191 e. The van der Waals surface area contributed by atoms with Crippen LogP contribution in [0.3, 0.4) is 0 Å². The van der Waals surface area contributed by atoms with Crippen LogP contribution in [0.25, 0.3) is 0 Å². The lowest BCUT2D eigenvalue weighted by molar-refractivity contribution is 0.685. The lowest BCUT2D eigenvalue weighted by Crippen LogP contribution is -2.36. The van der Waals surface area contributed by atoms with Crippen molar-refractivity contribution in [3.63, 3.8) is 0 Å². The topological polar surface area (TPSA) is 67.1 Å². The Hall–Kier alpha value is -2.67. The second-order valence-corrected chi connectivity index (χ2v) is 7.35. The van der Waals surface area contributed by atoms with Crippen molar-refractivity contribution in [3.05, 3.63) is 69.4 Å². The maximum absolute atomic E-state index is 4.54. The number of aliphatic imine (C=N–C) groups is 1. The van der Waals surface area contributed by atoms with Crippen LogP contribution >= 0.6 is 11.3 Å². The van der Waals surface area contributed by atoms with Gasteiger partial charge in [0.15, 0.2) is 5.96 Å². The zero-order chi connectivity index (χ0) is 18.4. The number of hydrogen-bond acceptors (Lipinski definition) is 4. The Balaban J connectivity index is 1.49. The van der Waals surface area contributed by atoms with E-state index in [1.165, 1.54) is 10.4 Å². The molecular weight excluding hydrogens is 344 g/mol. The molecule has 0 bridgehead atoms. The minimum atomic E-state index is 0.671. The van der Waals surface area contributed by atoms with Gasteiger partial charge in [-0.1, -0.05) is 30.3 Å². The zero-order valence-electron chi connectivity index (χ0n) is 15.4. The maximum atomic E-state index is 4.54. The van der Waals surface area contributed by atoms with E-state index in [0.29, 0.717) is 13.1 Å². The number of nitrogens with zero attached hydrogens (tertiary/aromatic N) is 4. The molecule has 2 heterocycles. The molecule has 2 aromatic heterocycles. The van der Waals surface area contributed by atoms with E-state index >= 15 is 0 Å². The van der Waals surface area contributed by atoms with Gasteiger partial charge in [-0.15, -0.1) is 11.3 Å². The standard InChI is InChI=1S/C19H24N6S/c1-14-15(2)26-18(24-14)11-22-19(20-3)21-9-17-10-23-25(13-17)12-16-7-5-4-6-8-16/h4-8,10,13H,9,11-12H2,1-3H3,(H2,20,21,22). The summed E-state index contributed by atoms with van der Waals surface area (Å²) in [5.41, 5.74) is 3.45. The van der Waals surface area contributed by atoms with E-state index < -0.39 is 0 Å². The second kappa shape index (κ2) is 8.62. The first-order valence-electron chi connectivity index (χ1n) is 8.56. The summed E-state index contributed by atoms with van der Waals surface area (Å²) in [5, 5.41) is 12.1. The molecule has 0 amide bonds. The number of benzene rings is 1. The van der Waals surface area contributed by atoms with Crippen molar-refractivity contribution >= 4 is 17.3 Å². The monoisotopic (exact) mass is 368 g/mol. The number of aryl methyl sites for hydroxylation is 2. The third-order valence-corrected chi connectivity index (χ3v) is 5.11. The van der Waals surface area contributed by atoms with Gasteiger partial charge in [0.25, 0.3) is 0 Å². The van der Waals surface area contributed by atoms with Gasteiger partial charge in [0.1, 0.15) is 5.01 Å². The molecule has 0 aliphatic heterocycles. The highest BCUT2D eigenvalue weighted by Gasteiger charge is 2.06. The van der Waals surface area contributed by atoms with Crippen LogP contribution in [0.4, 0.5) is 0 Å². The van der Waals surface area contributed by atoms with E-state index in [9.17, 15) is 0 Å². The molecule has 7 heteroatoms. The van der Waals surface area contributed by atoms with Gasteiger partial charge in [0, 0.05) is 30.2 Å². The molecule has 2 N–H and O–H groups in total. The van der Waals surface area contributed by atoms with Gasteiger partial charge in [-0.05, 0) is 19.4 Å². The fraction of sp³-hybridized carbons (Fsp3) is 0.316. The number of hydrogen-bond donors (Lipinski definition) is 2. The second-order valence-electron chi connectivity index (χ2n) is 6.06. The van der Waals surface area contributed by atoms with Gasteiger partial charge in [-0.3, -0.25) is 9.67 Å². The van der Waals surface area contributed by atoms with Crippen LogP contribution in [0.2, 0.25) is 0 Å². The molecule has 0 saturated carbocycles.